The lowest BCUT2D eigenvalue weighted by molar-refractivity contribution is 0.558. The standard InChI is InChI=1S/C9H15NO2S/c11-13(12,8-4-1-2-5-8)9-6-3-7-10-9/h3,7-10H,1-2,4-6H2. The summed E-state index contributed by atoms with van der Waals surface area (Å²) in [5, 5.41) is 2.49. The lowest BCUT2D eigenvalue weighted by Crippen LogP contribution is -2.36. The van der Waals surface area contributed by atoms with Gasteiger partial charge in [-0.3, -0.25) is 0 Å². The molecule has 1 aliphatic carbocycles. The van der Waals surface area contributed by atoms with Crippen LogP contribution in [0.25, 0.3) is 0 Å². The maximum atomic E-state index is 11.9. The number of rotatable bonds is 2. The van der Waals surface area contributed by atoms with Crippen LogP contribution < -0.4 is 5.32 Å². The average molecular weight is 201 g/mol. The van der Waals surface area contributed by atoms with E-state index < -0.39 is 9.84 Å². The van der Waals surface area contributed by atoms with Gasteiger partial charge in [0.2, 0.25) is 0 Å². The lowest BCUT2D eigenvalue weighted by Gasteiger charge is -2.17. The highest BCUT2D eigenvalue weighted by Crippen LogP contribution is 2.28. The van der Waals surface area contributed by atoms with E-state index in [1.54, 1.807) is 6.20 Å². The quantitative estimate of drug-likeness (QED) is 0.729. The maximum Gasteiger partial charge on any atom is 0.174 e. The van der Waals surface area contributed by atoms with Crippen molar-refractivity contribution in [2.45, 2.75) is 42.7 Å². The van der Waals surface area contributed by atoms with Gasteiger partial charge in [-0.25, -0.2) is 8.42 Å². The van der Waals surface area contributed by atoms with Gasteiger partial charge >= 0.3 is 0 Å². The van der Waals surface area contributed by atoms with Gasteiger partial charge in [-0.15, -0.1) is 0 Å². The van der Waals surface area contributed by atoms with Gasteiger partial charge in [0.15, 0.2) is 9.84 Å². The van der Waals surface area contributed by atoms with E-state index in [2.05, 4.69) is 5.32 Å². The molecule has 0 spiro atoms. The fraction of sp³-hybridized carbons (Fsp3) is 0.778. The highest BCUT2D eigenvalue weighted by atomic mass is 32.2. The molecule has 0 saturated heterocycles. The second-order valence-corrected chi connectivity index (χ2v) is 6.20. The van der Waals surface area contributed by atoms with E-state index in [1.807, 2.05) is 6.08 Å². The molecule has 13 heavy (non-hydrogen) atoms. The largest absolute Gasteiger partial charge is 0.375 e. The third-order valence-corrected chi connectivity index (χ3v) is 5.44. The van der Waals surface area contributed by atoms with E-state index in [4.69, 9.17) is 0 Å². The number of nitrogens with one attached hydrogen (secondary N) is 1. The van der Waals surface area contributed by atoms with E-state index in [9.17, 15) is 8.42 Å². The van der Waals surface area contributed by atoms with Crippen LogP contribution in [0.2, 0.25) is 0 Å². The van der Waals surface area contributed by atoms with E-state index in [1.165, 1.54) is 0 Å². The Kier molecular flexibility index (Phi) is 2.32. The molecule has 0 radical (unpaired) electrons. The highest BCUT2D eigenvalue weighted by Gasteiger charge is 2.35. The van der Waals surface area contributed by atoms with Gasteiger partial charge in [0.05, 0.1) is 5.25 Å². The molecule has 1 saturated carbocycles. The fourth-order valence-electron chi connectivity index (χ4n) is 2.11. The third kappa shape index (κ3) is 1.59. The first kappa shape index (κ1) is 9.06. The monoisotopic (exact) mass is 201 g/mol. The number of hydrogen-bond acceptors (Lipinski definition) is 3. The Labute approximate surface area is 79.1 Å². The minimum atomic E-state index is -2.91. The summed E-state index contributed by atoms with van der Waals surface area (Å²) < 4.78 is 23.9. The minimum Gasteiger partial charge on any atom is -0.375 e. The van der Waals surface area contributed by atoms with Crippen LogP contribution in [0.3, 0.4) is 0 Å². The molecule has 0 aromatic heterocycles. The Morgan fingerprint density at radius 2 is 1.92 bits per heavy atom. The van der Waals surface area contributed by atoms with E-state index in [-0.39, 0.29) is 10.6 Å². The molecule has 0 amide bonds. The summed E-state index contributed by atoms with van der Waals surface area (Å²) in [5.74, 6) is 0. The number of sulfone groups is 1. The molecule has 3 nitrogen and oxygen atoms in total. The van der Waals surface area contributed by atoms with Gasteiger partial charge in [0.25, 0.3) is 0 Å². The Hall–Kier alpha value is -0.510. The molecule has 1 aliphatic heterocycles. The van der Waals surface area contributed by atoms with Crippen molar-refractivity contribution >= 4 is 9.84 Å². The van der Waals surface area contributed by atoms with Crippen LogP contribution in [0.4, 0.5) is 0 Å². The van der Waals surface area contributed by atoms with Crippen LogP contribution in [-0.4, -0.2) is 19.0 Å². The normalized spacial score (nSPS) is 29.4. The van der Waals surface area contributed by atoms with Crippen LogP contribution in [0.5, 0.6) is 0 Å². The molecule has 2 aliphatic rings. The molecule has 0 aromatic carbocycles. The summed E-state index contributed by atoms with van der Waals surface area (Å²) in [5.41, 5.74) is 0. The van der Waals surface area contributed by atoms with Gasteiger partial charge in [-0.1, -0.05) is 18.9 Å². The van der Waals surface area contributed by atoms with Gasteiger partial charge in [-0.05, 0) is 19.0 Å². The van der Waals surface area contributed by atoms with Crippen molar-refractivity contribution in [3.05, 3.63) is 12.3 Å². The predicted octanol–water partition coefficient (Wildman–Crippen LogP) is 1.18. The van der Waals surface area contributed by atoms with Crippen molar-refractivity contribution in [2.75, 3.05) is 0 Å². The minimum absolute atomic E-state index is 0.0788. The Morgan fingerprint density at radius 3 is 2.46 bits per heavy atom. The predicted molar refractivity (Wildman–Crippen MR) is 51.9 cm³/mol. The highest BCUT2D eigenvalue weighted by molar-refractivity contribution is 7.92. The SMILES string of the molecule is O=S(=O)(C1CCCC1)C1CC=CN1. The van der Waals surface area contributed by atoms with Crippen molar-refractivity contribution in [2.24, 2.45) is 0 Å². The Bertz CT molecular complexity index is 286. The Balaban J connectivity index is 2.10. The van der Waals surface area contributed by atoms with Crippen molar-refractivity contribution < 1.29 is 8.42 Å². The van der Waals surface area contributed by atoms with E-state index >= 15 is 0 Å². The third-order valence-electron chi connectivity index (χ3n) is 2.91. The summed E-state index contributed by atoms with van der Waals surface area (Å²) in [6.45, 7) is 0. The zero-order valence-electron chi connectivity index (χ0n) is 7.57. The molecule has 1 heterocycles. The molecule has 1 unspecified atom stereocenters. The fourth-order valence-corrected chi connectivity index (χ4v) is 4.22. The first-order valence-corrected chi connectivity index (χ1v) is 6.46. The first-order chi connectivity index (χ1) is 6.21. The van der Waals surface area contributed by atoms with Gasteiger partial charge in [0.1, 0.15) is 5.37 Å². The molecule has 1 N–H and O–H groups in total. The smallest absolute Gasteiger partial charge is 0.174 e. The van der Waals surface area contributed by atoms with Gasteiger partial charge in [0, 0.05) is 6.42 Å². The second kappa shape index (κ2) is 3.33. The summed E-state index contributed by atoms with van der Waals surface area (Å²) in [6.07, 6.45) is 8.14. The zero-order chi connectivity index (χ0) is 9.31. The molecule has 1 fully saturated rings. The molecular formula is C9H15NO2S. The van der Waals surface area contributed by atoms with Crippen LogP contribution >= 0.6 is 0 Å². The summed E-state index contributed by atoms with van der Waals surface area (Å²) in [6, 6.07) is 0. The molecule has 2 rings (SSSR count). The van der Waals surface area contributed by atoms with Crippen LogP contribution in [-0.2, 0) is 9.84 Å². The van der Waals surface area contributed by atoms with Crippen LogP contribution in [0, 0.1) is 0 Å². The summed E-state index contributed by atoms with van der Waals surface area (Å²) in [4.78, 5) is 0. The summed E-state index contributed by atoms with van der Waals surface area (Å²) in [7, 11) is -2.91. The first-order valence-electron chi connectivity index (χ1n) is 4.85. The van der Waals surface area contributed by atoms with E-state index in [0.717, 1.165) is 25.7 Å². The molecular weight excluding hydrogens is 186 g/mol. The maximum absolute atomic E-state index is 11.9. The lowest BCUT2D eigenvalue weighted by atomic mass is 10.4. The molecule has 4 heteroatoms. The molecule has 0 bridgehead atoms. The molecule has 1 atom stereocenters. The zero-order valence-corrected chi connectivity index (χ0v) is 8.39. The van der Waals surface area contributed by atoms with Gasteiger partial charge < -0.3 is 5.32 Å². The Morgan fingerprint density at radius 1 is 1.23 bits per heavy atom. The van der Waals surface area contributed by atoms with Crippen LogP contribution in [0.15, 0.2) is 12.3 Å². The average Bonchev–Trinajstić information content (AvgIpc) is 2.78. The van der Waals surface area contributed by atoms with Crippen LogP contribution in [0.1, 0.15) is 32.1 Å². The van der Waals surface area contributed by atoms with Crippen molar-refractivity contribution in [1.29, 1.82) is 0 Å². The van der Waals surface area contributed by atoms with Crippen molar-refractivity contribution in [3.8, 4) is 0 Å². The molecule has 74 valence electrons. The van der Waals surface area contributed by atoms with Gasteiger partial charge in [-0.2, -0.15) is 0 Å². The van der Waals surface area contributed by atoms with E-state index in [0.29, 0.717) is 6.42 Å². The van der Waals surface area contributed by atoms with Crippen molar-refractivity contribution in [1.82, 2.24) is 5.32 Å². The second-order valence-electron chi connectivity index (χ2n) is 3.79. The number of hydrogen-bond donors (Lipinski definition) is 1. The topological polar surface area (TPSA) is 46.2 Å². The molecule has 0 aromatic rings. The van der Waals surface area contributed by atoms with Crippen molar-refractivity contribution in [3.63, 3.8) is 0 Å². The summed E-state index contributed by atoms with van der Waals surface area (Å²) >= 11 is 0.